The molecule has 2 N–H and O–H groups in total. The van der Waals surface area contributed by atoms with Crippen LogP contribution in [-0.4, -0.2) is 31.7 Å². The lowest BCUT2D eigenvalue weighted by atomic mass is 9.90. The van der Waals surface area contributed by atoms with E-state index >= 15 is 0 Å². The highest BCUT2D eigenvalue weighted by Gasteiger charge is 2.40. The lowest BCUT2D eigenvalue weighted by Gasteiger charge is -2.35. The Labute approximate surface area is 128 Å². The van der Waals surface area contributed by atoms with Crippen molar-refractivity contribution in [1.82, 2.24) is 10.6 Å². The van der Waals surface area contributed by atoms with E-state index in [0.29, 0.717) is 12.8 Å². The third-order valence-electron chi connectivity index (χ3n) is 3.91. The minimum atomic E-state index is -0.689. The van der Waals surface area contributed by atoms with E-state index in [9.17, 15) is 4.79 Å². The second-order valence-electron chi connectivity index (χ2n) is 5.20. The van der Waals surface area contributed by atoms with Gasteiger partial charge < -0.3 is 15.4 Å². The van der Waals surface area contributed by atoms with Gasteiger partial charge in [-0.25, -0.2) is 0 Å². The molecule has 1 aromatic rings. The lowest BCUT2D eigenvalue weighted by molar-refractivity contribution is -0.147. The fraction of sp³-hybridized carbons (Fsp3) is 0.533. The second-order valence-corrected chi connectivity index (χ2v) is 6.11. The molecular weight excluding hydrogens is 320 g/mol. The van der Waals surface area contributed by atoms with E-state index in [2.05, 4.69) is 26.6 Å². The van der Waals surface area contributed by atoms with Crippen LogP contribution in [0.4, 0.5) is 0 Å². The molecule has 1 aliphatic rings. The zero-order valence-corrected chi connectivity index (χ0v) is 13.5. The van der Waals surface area contributed by atoms with Gasteiger partial charge in [-0.1, -0.05) is 28.1 Å². The number of carbonyl (C=O) groups excluding carboxylic acids is 1. The Bertz CT molecular complexity index is 473. The highest BCUT2D eigenvalue weighted by molar-refractivity contribution is 9.10. The van der Waals surface area contributed by atoms with Gasteiger partial charge >= 0.3 is 0 Å². The Hall–Kier alpha value is -0.910. The molecule has 1 aliphatic heterocycles. The summed E-state index contributed by atoms with van der Waals surface area (Å²) in [6.07, 6.45) is 1.42. The van der Waals surface area contributed by atoms with Crippen molar-refractivity contribution in [2.24, 2.45) is 0 Å². The number of piperidine rings is 1. The molecule has 1 amide bonds. The number of hydrogen-bond donors (Lipinski definition) is 2. The normalized spacial score (nSPS) is 19.4. The monoisotopic (exact) mass is 340 g/mol. The third-order valence-corrected chi connectivity index (χ3v) is 4.41. The summed E-state index contributed by atoms with van der Waals surface area (Å²) in [5.74, 6) is -0.0195. The fourth-order valence-electron chi connectivity index (χ4n) is 2.54. The van der Waals surface area contributed by atoms with Gasteiger partial charge in [-0.2, -0.15) is 0 Å². The molecule has 1 fully saturated rings. The first-order valence-corrected chi connectivity index (χ1v) is 7.69. The molecule has 4 nitrogen and oxygen atoms in total. The van der Waals surface area contributed by atoms with E-state index in [0.717, 1.165) is 23.1 Å². The van der Waals surface area contributed by atoms with Crippen molar-refractivity contribution >= 4 is 21.8 Å². The van der Waals surface area contributed by atoms with Gasteiger partial charge in [0.05, 0.1) is 6.04 Å². The van der Waals surface area contributed by atoms with Gasteiger partial charge in [0, 0.05) is 11.6 Å². The minimum Gasteiger partial charge on any atom is -0.368 e. The van der Waals surface area contributed by atoms with E-state index in [1.165, 1.54) is 0 Å². The molecule has 1 unspecified atom stereocenters. The molecule has 0 spiro atoms. The van der Waals surface area contributed by atoms with Crippen LogP contribution in [0.2, 0.25) is 0 Å². The van der Waals surface area contributed by atoms with Crippen molar-refractivity contribution in [2.75, 3.05) is 20.2 Å². The maximum absolute atomic E-state index is 12.5. The molecule has 2 rings (SSSR count). The zero-order chi connectivity index (χ0) is 14.6. The predicted molar refractivity (Wildman–Crippen MR) is 82.5 cm³/mol. The molecule has 1 saturated heterocycles. The summed E-state index contributed by atoms with van der Waals surface area (Å²) in [5, 5.41) is 6.33. The largest absolute Gasteiger partial charge is 0.368 e. The molecule has 1 atom stereocenters. The van der Waals surface area contributed by atoms with Crippen LogP contribution in [0.1, 0.15) is 31.4 Å². The molecule has 1 heterocycles. The van der Waals surface area contributed by atoms with Gasteiger partial charge in [0.25, 0.3) is 5.91 Å². The predicted octanol–water partition coefficient (Wildman–Crippen LogP) is 2.39. The Morgan fingerprint density at radius 3 is 2.75 bits per heavy atom. The quantitative estimate of drug-likeness (QED) is 0.884. The molecule has 110 valence electrons. The van der Waals surface area contributed by atoms with Gasteiger partial charge in [0.1, 0.15) is 5.60 Å². The summed E-state index contributed by atoms with van der Waals surface area (Å²) in [7, 11) is 1.62. The Morgan fingerprint density at radius 2 is 2.15 bits per heavy atom. The molecule has 5 heteroatoms. The van der Waals surface area contributed by atoms with Crippen molar-refractivity contribution in [1.29, 1.82) is 0 Å². The van der Waals surface area contributed by atoms with Crippen molar-refractivity contribution in [3.8, 4) is 0 Å². The Kier molecular flexibility index (Phi) is 5.18. The molecule has 20 heavy (non-hydrogen) atoms. The topological polar surface area (TPSA) is 50.4 Å². The molecule has 0 saturated carbocycles. The van der Waals surface area contributed by atoms with Crippen LogP contribution in [0, 0.1) is 0 Å². The van der Waals surface area contributed by atoms with E-state index in [4.69, 9.17) is 4.74 Å². The van der Waals surface area contributed by atoms with Crippen LogP contribution < -0.4 is 10.6 Å². The van der Waals surface area contributed by atoms with Crippen molar-refractivity contribution in [3.05, 3.63) is 34.3 Å². The average Bonchev–Trinajstić information content (AvgIpc) is 2.47. The summed E-state index contributed by atoms with van der Waals surface area (Å²) < 4.78 is 6.55. The van der Waals surface area contributed by atoms with E-state index in [-0.39, 0.29) is 11.9 Å². The first-order valence-electron chi connectivity index (χ1n) is 6.90. The standard InChI is InChI=1S/C15H21BrN2O2/c1-11(12-4-3-5-13(16)10-12)18-14(19)15(20-2)6-8-17-9-7-15/h3-5,10-11,17H,6-9H2,1-2H3,(H,18,19). The SMILES string of the molecule is COC1(C(=O)NC(C)c2cccc(Br)c2)CCNCC1. The van der Waals surface area contributed by atoms with Gasteiger partial charge in [-0.05, 0) is 50.6 Å². The molecule has 0 radical (unpaired) electrons. The molecule has 0 aromatic heterocycles. The van der Waals surface area contributed by atoms with Crippen molar-refractivity contribution in [3.63, 3.8) is 0 Å². The third kappa shape index (κ3) is 3.40. The number of amides is 1. The molecule has 0 aliphatic carbocycles. The number of rotatable bonds is 4. The second kappa shape index (κ2) is 6.70. The van der Waals surface area contributed by atoms with Crippen LogP contribution >= 0.6 is 15.9 Å². The Balaban J connectivity index is 2.06. The van der Waals surface area contributed by atoms with Crippen molar-refractivity contribution < 1.29 is 9.53 Å². The first kappa shape index (κ1) is 15.5. The molecule has 1 aromatic carbocycles. The van der Waals surface area contributed by atoms with Crippen LogP contribution in [0.15, 0.2) is 28.7 Å². The summed E-state index contributed by atoms with van der Waals surface area (Å²) in [5.41, 5.74) is 0.388. The number of benzene rings is 1. The summed E-state index contributed by atoms with van der Waals surface area (Å²) in [6.45, 7) is 3.61. The summed E-state index contributed by atoms with van der Waals surface area (Å²) in [6, 6.07) is 7.94. The van der Waals surface area contributed by atoms with E-state index in [1.54, 1.807) is 7.11 Å². The van der Waals surface area contributed by atoms with Gasteiger partial charge in [0.15, 0.2) is 0 Å². The summed E-state index contributed by atoms with van der Waals surface area (Å²) in [4.78, 5) is 12.5. The number of carbonyl (C=O) groups is 1. The lowest BCUT2D eigenvalue weighted by Crippen LogP contribution is -2.54. The van der Waals surface area contributed by atoms with Crippen LogP contribution in [0.3, 0.4) is 0 Å². The van der Waals surface area contributed by atoms with Gasteiger partial charge in [-0.15, -0.1) is 0 Å². The van der Waals surface area contributed by atoms with Crippen molar-refractivity contribution in [2.45, 2.75) is 31.4 Å². The highest BCUT2D eigenvalue weighted by atomic mass is 79.9. The number of ether oxygens (including phenoxy) is 1. The zero-order valence-electron chi connectivity index (χ0n) is 11.9. The molecular formula is C15H21BrN2O2. The minimum absolute atomic E-state index is 0.0195. The van der Waals surface area contributed by atoms with Crippen LogP contribution in [-0.2, 0) is 9.53 Å². The smallest absolute Gasteiger partial charge is 0.252 e. The van der Waals surface area contributed by atoms with Crippen LogP contribution in [0.5, 0.6) is 0 Å². The first-order chi connectivity index (χ1) is 9.57. The van der Waals surface area contributed by atoms with Gasteiger partial charge in [-0.3, -0.25) is 4.79 Å². The van der Waals surface area contributed by atoms with Crippen LogP contribution in [0.25, 0.3) is 0 Å². The Morgan fingerprint density at radius 1 is 1.45 bits per heavy atom. The number of hydrogen-bond acceptors (Lipinski definition) is 3. The van der Waals surface area contributed by atoms with Gasteiger partial charge in [0.2, 0.25) is 0 Å². The van der Waals surface area contributed by atoms with E-state index < -0.39 is 5.60 Å². The number of methoxy groups -OCH3 is 1. The maximum atomic E-state index is 12.5. The highest BCUT2D eigenvalue weighted by Crippen LogP contribution is 2.25. The fourth-order valence-corrected chi connectivity index (χ4v) is 2.96. The molecule has 0 bridgehead atoms. The number of nitrogens with one attached hydrogen (secondary N) is 2. The van der Waals surface area contributed by atoms with E-state index in [1.807, 2.05) is 31.2 Å². The summed E-state index contributed by atoms with van der Waals surface area (Å²) >= 11 is 3.45. The maximum Gasteiger partial charge on any atom is 0.252 e. The number of halogens is 1. The average molecular weight is 341 g/mol.